The molecule has 0 amide bonds. The molecule has 0 aliphatic heterocycles. The number of rotatable bonds is 9. The first-order chi connectivity index (χ1) is 19.8. The van der Waals surface area contributed by atoms with Crippen LogP contribution in [0, 0.1) is 60.6 Å². The third kappa shape index (κ3) is 5.53. The van der Waals surface area contributed by atoms with Crippen LogP contribution in [0.4, 0.5) is 11.4 Å². The van der Waals surface area contributed by atoms with Crippen LogP contribution in [-0.4, -0.2) is 21.9 Å². The zero-order chi connectivity index (χ0) is 30.4. The monoisotopic (exact) mass is 578 g/mol. The molecule has 0 bridgehead atoms. The number of nitro benzene ring substituents is 2. The van der Waals surface area contributed by atoms with E-state index in [0.29, 0.717) is 30.1 Å². The molecular formula is C34H46N2O6. The van der Waals surface area contributed by atoms with Gasteiger partial charge < -0.3 is 4.74 Å². The molecule has 0 saturated heterocycles. The Morgan fingerprint density at radius 1 is 0.929 bits per heavy atom. The number of nitrogens with zero attached hydrogens (tertiary/aromatic N) is 2. The van der Waals surface area contributed by atoms with E-state index in [4.69, 9.17) is 4.74 Å². The SMILES string of the molecule is CC(C)CCC[C@H](C)[C@@H]1CC[C@@H]2C3=CC=C4C[C@H](OC(=O)c5cc([N+](=O)[O-])cc([N+](=O)[O-])c5)CC[C@]4(C)[C@@H]3CC[C@@]21C. The summed E-state index contributed by atoms with van der Waals surface area (Å²) in [5.74, 6) is 2.73. The van der Waals surface area contributed by atoms with Crippen molar-refractivity contribution in [3.63, 3.8) is 0 Å². The van der Waals surface area contributed by atoms with Crippen molar-refractivity contribution in [2.24, 2.45) is 40.4 Å². The summed E-state index contributed by atoms with van der Waals surface area (Å²) >= 11 is 0. The van der Waals surface area contributed by atoms with Crippen LogP contribution in [0.25, 0.3) is 0 Å². The molecule has 5 rings (SSSR count). The quantitative estimate of drug-likeness (QED) is 0.164. The highest BCUT2D eigenvalue weighted by Gasteiger charge is 2.57. The van der Waals surface area contributed by atoms with Crippen molar-refractivity contribution in [2.75, 3.05) is 0 Å². The molecule has 0 N–H and O–H groups in total. The van der Waals surface area contributed by atoms with E-state index in [0.717, 1.165) is 42.4 Å². The predicted molar refractivity (Wildman–Crippen MR) is 162 cm³/mol. The van der Waals surface area contributed by atoms with Crippen molar-refractivity contribution in [1.82, 2.24) is 0 Å². The lowest BCUT2D eigenvalue weighted by atomic mass is 9.50. The summed E-state index contributed by atoms with van der Waals surface area (Å²) in [5, 5.41) is 22.5. The Morgan fingerprint density at radius 3 is 2.26 bits per heavy atom. The van der Waals surface area contributed by atoms with Crippen LogP contribution in [0.5, 0.6) is 0 Å². The van der Waals surface area contributed by atoms with Gasteiger partial charge in [0.25, 0.3) is 11.4 Å². The van der Waals surface area contributed by atoms with E-state index in [1.165, 1.54) is 50.5 Å². The fourth-order valence-corrected chi connectivity index (χ4v) is 9.24. The molecule has 1 aromatic rings. The van der Waals surface area contributed by atoms with Crippen LogP contribution in [0.15, 0.2) is 41.5 Å². The van der Waals surface area contributed by atoms with E-state index in [2.05, 4.69) is 46.8 Å². The molecular weight excluding hydrogens is 532 g/mol. The summed E-state index contributed by atoms with van der Waals surface area (Å²) < 4.78 is 5.80. The number of non-ortho nitro benzene ring substituents is 2. The summed E-state index contributed by atoms with van der Waals surface area (Å²) in [6.45, 7) is 12.1. The van der Waals surface area contributed by atoms with Gasteiger partial charge in [0, 0.05) is 18.6 Å². The van der Waals surface area contributed by atoms with E-state index in [1.54, 1.807) is 5.57 Å². The van der Waals surface area contributed by atoms with Gasteiger partial charge in [-0.15, -0.1) is 0 Å². The van der Waals surface area contributed by atoms with Crippen LogP contribution in [0.2, 0.25) is 0 Å². The number of allylic oxidation sites excluding steroid dienone is 3. The van der Waals surface area contributed by atoms with Crippen molar-refractivity contribution in [2.45, 2.75) is 105 Å². The van der Waals surface area contributed by atoms with Gasteiger partial charge in [0.05, 0.1) is 21.5 Å². The van der Waals surface area contributed by atoms with Crippen LogP contribution < -0.4 is 0 Å². The highest BCUT2D eigenvalue weighted by Crippen LogP contribution is 2.66. The molecule has 228 valence electrons. The molecule has 3 fully saturated rings. The first kappa shape index (κ1) is 30.4. The summed E-state index contributed by atoms with van der Waals surface area (Å²) in [6.07, 6.45) is 15.6. The molecule has 7 atom stereocenters. The standard InChI is InChI=1S/C34H46N2O6/c1-21(2)7-6-8-22(3)29-11-12-30-28-10-9-24-19-27(13-15-33(24,4)31(28)14-16-34(29,30)5)42-32(37)23-17-25(35(38)39)20-26(18-23)36(40)41/h9-10,17-18,20-22,27,29-31H,6-8,11-16,19H2,1-5H3/t22-,27+,29-,30+,31+,33-,34+/m0/s1. The lowest BCUT2D eigenvalue weighted by Crippen LogP contribution is -2.46. The van der Waals surface area contributed by atoms with E-state index in [9.17, 15) is 25.0 Å². The Kier molecular flexibility index (Phi) is 8.38. The predicted octanol–water partition coefficient (Wildman–Crippen LogP) is 8.99. The molecule has 4 aliphatic carbocycles. The number of hydrogen-bond acceptors (Lipinski definition) is 6. The van der Waals surface area contributed by atoms with Crippen molar-refractivity contribution in [3.05, 3.63) is 67.3 Å². The van der Waals surface area contributed by atoms with E-state index < -0.39 is 27.2 Å². The maximum absolute atomic E-state index is 13.0. The van der Waals surface area contributed by atoms with Gasteiger partial charge in [0.15, 0.2) is 0 Å². The van der Waals surface area contributed by atoms with Crippen LogP contribution in [0.1, 0.15) is 109 Å². The van der Waals surface area contributed by atoms with Gasteiger partial charge in [-0.2, -0.15) is 0 Å². The number of hydrogen-bond donors (Lipinski definition) is 0. The molecule has 0 unspecified atom stereocenters. The third-order valence-electron chi connectivity index (χ3n) is 11.6. The average Bonchev–Trinajstić information content (AvgIpc) is 3.30. The van der Waals surface area contributed by atoms with Crippen molar-refractivity contribution >= 4 is 17.3 Å². The van der Waals surface area contributed by atoms with Gasteiger partial charge in [0.1, 0.15) is 6.10 Å². The van der Waals surface area contributed by atoms with Crippen LogP contribution >= 0.6 is 0 Å². The summed E-state index contributed by atoms with van der Waals surface area (Å²) in [7, 11) is 0. The van der Waals surface area contributed by atoms with Crippen molar-refractivity contribution < 1.29 is 19.4 Å². The third-order valence-corrected chi connectivity index (χ3v) is 11.6. The smallest absolute Gasteiger partial charge is 0.338 e. The molecule has 8 heteroatoms. The van der Waals surface area contributed by atoms with Gasteiger partial charge in [-0.1, -0.05) is 77.2 Å². The maximum atomic E-state index is 13.0. The minimum atomic E-state index is -0.754. The average molecular weight is 579 g/mol. The molecule has 0 aromatic heterocycles. The zero-order valence-corrected chi connectivity index (χ0v) is 25.8. The Morgan fingerprint density at radius 2 is 1.62 bits per heavy atom. The minimum absolute atomic E-state index is 0.0413. The van der Waals surface area contributed by atoms with Gasteiger partial charge in [-0.3, -0.25) is 20.2 Å². The number of benzene rings is 1. The lowest BCUT2D eigenvalue weighted by Gasteiger charge is -2.55. The largest absolute Gasteiger partial charge is 0.458 e. The van der Waals surface area contributed by atoms with E-state index in [-0.39, 0.29) is 17.1 Å². The molecule has 0 radical (unpaired) electrons. The number of nitro groups is 2. The second-order valence-electron chi connectivity index (χ2n) is 14.4. The Balaban J connectivity index is 1.30. The number of carbonyl (C=O) groups is 1. The number of esters is 1. The van der Waals surface area contributed by atoms with E-state index in [1.807, 2.05) is 0 Å². The molecule has 4 aliphatic rings. The molecule has 0 heterocycles. The molecule has 8 nitrogen and oxygen atoms in total. The molecule has 3 saturated carbocycles. The normalized spacial score (nSPS) is 32.6. The van der Waals surface area contributed by atoms with E-state index >= 15 is 0 Å². The molecule has 0 spiro atoms. The second-order valence-corrected chi connectivity index (χ2v) is 14.4. The fraction of sp³-hybridized carbons (Fsp3) is 0.676. The number of fused-ring (bicyclic) bond motifs is 5. The highest BCUT2D eigenvalue weighted by molar-refractivity contribution is 5.91. The zero-order valence-electron chi connectivity index (χ0n) is 25.8. The first-order valence-corrected chi connectivity index (χ1v) is 15.9. The Labute approximate surface area is 249 Å². The summed E-state index contributed by atoms with van der Waals surface area (Å²) in [5.41, 5.74) is 2.21. The lowest BCUT2D eigenvalue weighted by molar-refractivity contribution is -0.394. The van der Waals surface area contributed by atoms with Crippen molar-refractivity contribution in [3.8, 4) is 0 Å². The highest BCUT2D eigenvalue weighted by atomic mass is 16.6. The Bertz CT molecular complexity index is 1280. The van der Waals surface area contributed by atoms with Gasteiger partial charge in [-0.05, 0) is 78.9 Å². The molecule has 42 heavy (non-hydrogen) atoms. The maximum Gasteiger partial charge on any atom is 0.338 e. The summed E-state index contributed by atoms with van der Waals surface area (Å²) in [6, 6.07) is 2.96. The number of carbonyl (C=O) groups excluding carboxylic acids is 1. The first-order valence-electron chi connectivity index (χ1n) is 15.9. The second kappa shape index (κ2) is 11.6. The number of ether oxygens (including phenoxy) is 1. The fourth-order valence-electron chi connectivity index (χ4n) is 9.24. The van der Waals surface area contributed by atoms with Gasteiger partial charge in [-0.25, -0.2) is 4.79 Å². The van der Waals surface area contributed by atoms with Gasteiger partial charge in [0.2, 0.25) is 0 Å². The Hall–Kier alpha value is -3.03. The minimum Gasteiger partial charge on any atom is -0.458 e. The summed E-state index contributed by atoms with van der Waals surface area (Å²) in [4.78, 5) is 34.0. The molecule has 1 aromatic carbocycles. The van der Waals surface area contributed by atoms with Gasteiger partial charge >= 0.3 is 5.97 Å². The van der Waals surface area contributed by atoms with Crippen LogP contribution in [0.3, 0.4) is 0 Å². The van der Waals surface area contributed by atoms with Crippen LogP contribution in [-0.2, 0) is 4.74 Å². The van der Waals surface area contributed by atoms with Crippen molar-refractivity contribution in [1.29, 1.82) is 0 Å². The topological polar surface area (TPSA) is 113 Å².